The minimum Gasteiger partial charge on any atom is -0.381 e. The van der Waals surface area contributed by atoms with Gasteiger partial charge in [-0.25, -0.2) is 0 Å². The molecule has 4 nitrogen and oxygen atoms in total. The highest BCUT2D eigenvalue weighted by molar-refractivity contribution is 5.78. The number of nitrogens with two attached hydrogens (primary N) is 1. The molecule has 1 aliphatic heterocycles. The third kappa shape index (κ3) is 4.83. The summed E-state index contributed by atoms with van der Waals surface area (Å²) in [5.41, 5.74) is 6.84. The molecule has 0 radical (unpaired) electrons. The fourth-order valence-electron chi connectivity index (χ4n) is 2.69. The third-order valence-electron chi connectivity index (χ3n) is 4.12. The van der Waals surface area contributed by atoms with E-state index in [2.05, 4.69) is 12.1 Å². The van der Waals surface area contributed by atoms with Crippen LogP contribution in [0.1, 0.15) is 25.3 Å². The van der Waals surface area contributed by atoms with Crippen molar-refractivity contribution in [1.29, 1.82) is 0 Å². The highest BCUT2D eigenvalue weighted by Gasteiger charge is 2.24. The second kappa shape index (κ2) is 8.15. The zero-order valence-corrected chi connectivity index (χ0v) is 12.8. The monoisotopic (exact) mass is 290 g/mol. The molecule has 1 aromatic carbocycles. The summed E-state index contributed by atoms with van der Waals surface area (Å²) in [5, 5.41) is 0. The van der Waals surface area contributed by atoms with Crippen LogP contribution in [0.2, 0.25) is 0 Å². The minimum absolute atomic E-state index is 0.117. The summed E-state index contributed by atoms with van der Waals surface area (Å²) in [6, 6.07) is 10.2. The van der Waals surface area contributed by atoms with E-state index in [1.807, 2.05) is 30.0 Å². The number of hydrogen-bond acceptors (Lipinski definition) is 3. The molecule has 1 saturated heterocycles. The van der Waals surface area contributed by atoms with Crippen molar-refractivity contribution in [1.82, 2.24) is 4.90 Å². The molecule has 2 N–H and O–H groups in total. The predicted octanol–water partition coefficient (Wildman–Crippen LogP) is 2.04. The van der Waals surface area contributed by atoms with Crippen molar-refractivity contribution < 1.29 is 9.53 Å². The molecule has 0 aliphatic carbocycles. The number of nitrogens with zero attached hydrogens (tertiary/aromatic N) is 1. The SMILES string of the molecule is CC(CN)C(=O)N(Cc1ccccc1)CC1CCOCC1. The van der Waals surface area contributed by atoms with Crippen molar-refractivity contribution in [3.8, 4) is 0 Å². The number of amides is 1. The first-order valence-electron chi connectivity index (χ1n) is 7.81. The van der Waals surface area contributed by atoms with Gasteiger partial charge in [-0.15, -0.1) is 0 Å². The van der Waals surface area contributed by atoms with Gasteiger partial charge in [0, 0.05) is 38.8 Å². The summed E-state index contributed by atoms with van der Waals surface area (Å²) in [6.45, 7) is 5.40. The van der Waals surface area contributed by atoms with Crippen molar-refractivity contribution in [3.63, 3.8) is 0 Å². The van der Waals surface area contributed by atoms with Crippen LogP contribution in [0.5, 0.6) is 0 Å². The molecule has 0 bridgehead atoms. The molecule has 1 aromatic rings. The van der Waals surface area contributed by atoms with Crippen molar-refractivity contribution >= 4 is 5.91 Å². The zero-order chi connectivity index (χ0) is 15.1. The average molecular weight is 290 g/mol. The molecular formula is C17H26N2O2. The summed E-state index contributed by atoms with van der Waals surface area (Å²) < 4.78 is 5.41. The summed E-state index contributed by atoms with van der Waals surface area (Å²) in [5.74, 6) is 0.581. The van der Waals surface area contributed by atoms with E-state index in [0.717, 1.165) is 32.6 Å². The van der Waals surface area contributed by atoms with E-state index in [-0.39, 0.29) is 11.8 Å². The first-order chi connectivity index (χ1) is 10.2. The maximum absolute atomic E-state index is 12.6. The number of benzene rings is 1. The van der Waals surface area contributed by atoms with Gasteiger partial charge in [-0.2, -0.15) is 0 Å². The third-order valence-corrected chi connectivity index (χ3v) is 4.12. The molecule has 0 aromatic heterocycles. The van der Waals surface area contributed by atoms with Gasteiger partial charge in [-0.3, -0.25) is 4.79 Å². The molecule has 1 heterocycles. The molecule has 1 amide bonds. The predicted molar refractivity (Wildman–Crippen MR) is 83.6 cm³/mol. The van der Waals surface area contributed by atoms with Crippen LogP contribution in [0.25, 0.3) is 0 Å². The summed E-state index contributed by atoms with van der Waals surface area (Å²) in [4.78, 5) is 14.5. The zero-order valence-electron chi connectivity index (χ0n) is 12.8. The Bertz CT molecular complexity index is 430. The van der Waals surface area contributed by atoms with Crippen molar-refractivity contribution in [2.75, 3.05) is 26.3 Å². The van der Waals surface area contributed by atoms with E-state index in [1.54, 1.807) is 0 Å². The first-order valence-corrected chi connectivity index (χ1v) is 7.81. The average Bonchev–Trinajstić information content (AvgIpc) is 2.54. The summed E-state index contributed by atoms with van der Waals surface area (Å²) in [6.07, 6.45) is 2.07. The Hall–Kier alpha value is -1.39. The van der Waals surface area contributed by atoms with Crippen LogP contribution in [0, 0.1) is 11.8 Å². The fourth-order valence-corrected chi connectivity index (χ4v) is 2.69. The summed E-state index contributed by atoms with van der Waals surface area (Å²) in [7, 11) is 0. The standard InChI is InChI=1S/C17H26N2O2/c1-14(11-18)17(20)19(12-15-5-3-2-4-6-15)13-16-7-9-21-10-8-16/h2-6,14,16H,7-13,18H2,1H3. The Labute approximate surface area is 127 Å². The Balaban J connectivity index is 2.03. The van der Waals surface area contributed by atoms with E-state index in [0.29, 0.717) is 19.0 Å². The fraction of sp³-hybridized carbons (Fsp3) is 0.588. The maximum Gasteiger partial charge on any atom is 0.226 e. The lowest BCUT2D eigenvalue weighted by Gasteiger charge is -2.31. The summed E-state index contributed by atoms with van der Waals surface area (Å²) >= 11 is 0. The molecule has 116 valence electrons. The Morgan fingerprint density at radius 1 is 1.33 bits per heavy atom. The van der Waals surface area contributed by atoms with Gasteiger partial charge in [0.05, 0.1) is 0 Å². The number of hydrogen-bond donors (Lipinski definition) is 1. The highest BCUT2D eigenvalue weighted by Crippen LogP contribution is 2.19. The van der Waals surface area contributed by atoms with Gasteiger partial charge in [0.1, 0.15) is 0 Å². The Morgan fingerprint density at radius 3 is 2.62 bits per heavy atom. The van der Waals surface area contributed by atoms with Gasteiger partial charge in [0.2, 0.25) is 5.91 Å². The molecule has 0 saturated carbocycles. The molecule has 4 heteroatoms. The molecule has 1 unspecified atom stereocenters. The molecule has 0 spiro atoms. The van der Waals surface area contributed by atoms with E-state index in [1.165, 1.54) is 5.56 Å². The minimum atomic E-state index is -0.117. The van der Waals surface area contributed by atoms with Gasteiger partial charge in [-0.1, -0.05) is 37.3 Å². The van der Waals surface area contributed by atoms with Gasteiger partial charge in [0.25, 0.3) is 0 Å². The Morgan fingerprint density at radius 2 is 2.00 bits per heavy atom. The van der Waals surface area contributed by atoms with Crippen LogP contribution in [-0.2, 0) is 16.1 Å². The van der Waals surface area contributed by atoms with Crippen LogP contribution < -0.4 is 5.73 Å². The number of rotatable bonds is 6. The topological polar surface area (TPSA) is 55.6 Å². The largest absolute Gasteiger partial charge is 0.381 e. The van der Waals surface area contributed by atoms with E-state index in [9.17, 15) is 4.79 Å². The van der Waals surface area contributed by atoms with Crippen LogP contribution in [-0.4, -0.2) is 37.1 Å². The van der Waals surface area contributed by atoms with Crippen molar-refractivity contribution in [2.24, 2.45) is 17.6 Å². The number of ether oxygens (including phenoxy) is 1. The van der Waals surface area contributed by atoms with Crippen molar-refractivity contribution in [2.45, 2.75) is 26.3 Å². The normalized spacial score (nSPS) is 17.4. The lowest BCUT2D eigenvalue weighted by atomic mass is 9.98. The smallest absolute Gasteiger partial charge is 0.226 e. The van der Waals surface area contributed by atoms with E-state index < -0.39 is 0 Å². The van der Waals surface area contributed by atoms with Crippen LogP contribution >= 0.6 is 0 Å². The van der Waals surface area contributed by atoms with Gasteiger partial charge in [-0.05, 0) is 24.3 Å². The molecular weight excluding hydrogens is 264 g/mol. The second-order valence-corrected chi connectivity index (χ2v) is 5.90. The molecule has 2 rings (SSSR count). The highest BCUT2D eigenvalue weighted by atomic mass is 16.5. The van der Waals surface area contributed by atoms with Gasteiger partial charge >= 0.3 is 0 Å². The van der Waals surface area contributed by atoms with Crippen molar-refractivity contribution in [3.05, 3.63) is 35.9 Å². The van der Waals surface area contributed by atoms with E-state index >= 15 is 0 Å². The van der Waals surface area contributed by atoms with Gasteiger partial charge in [0.15, 0.2) is 0 Å². The lowest BCUT2D eigenvalue weighted by Crippen LogP contribution is -2.41. The number of carbonyl (C=O) groups excluding carboxylic acids is 1. The van der Waals surface area contributed by atoms with Crippen LogP contribution in [0.15, 0.2) is 30.3 Å². The van der Waals surface area contributed by atoms with E-state index in [4.69, 9.17) is 10.5 Å². The molecule has 1 aliphatic rings. The van der Waals surface area contributed by atoms with Gasteiger partial charge < -0.3 is 15.4 Å². The lowest BCUT2D eigenvalue weighted by molar-refractivity contribution is -0.136. The van der Waals surface area contributed by atoms with Crippen LogP contribution in [0.4, 0.5) is 0 Å². The molecule has 1 atom stereocenters. The maximum atomic E-state index is 12.6. The van der Waals surface area contributed by atoms with Crippen LogP contribution in [0.3, 0.4) is 0 Å². The quantitative estimate of drug-likeness (QED) is 0.872. The molecule has 1 fully saturated rings. The number of carbonyl (C=O) groups is 1. The molecule has 21 heavy (non-hydrogen) atoms. The second-order valence-electron chi connectivity index (χ2n) is 5.90. The Kier molecular flexibility index (Phi) is 6.21. The first kappa shape index (κ1) is 16.0.